The fourth-order valence-corrected chi connectivity index (χ4v) is 3.93. The van der Waals surface area contributed by atoms with Crippen molar-refractivity contribution in [3.8, 4) is 11.5 Å². The molecule has 28 heavy (non-hydrogen) atoms. The van der Waals surface area contributed by atoms with E-state index in [9.17, 15) is 5.11 Å². The van der Waals surface area contributed by atoms with Crippen LogP contribution >= 0.6 is 11.3 Å². The minimum Gasteiger partial charge on any atom is -0.508 e. The number of aromatic nitrogens is 1. The second kappa shape index (κ2) is 9.43. The second-order valence-corrected chi connectivity index (χ2v) is 7.20. The molecule has 0 saturated carbocycles. The number of thiazole rings is 1. The summed E-state index contributed by atoms with van der Waals surface area (Å²) in [6.07, 6.45) is 1.66. The Bertz CT molecular complexity index is 896. The number of aryl methyl sites for hydroxylation is 1. The van der Waals surface area contributed by atoms with Crippen molar-refractivity contribution in [2.24, 2.45) is 0 Å². The highest BCUT2D eigenvalue weighted by Crippen LogP contribution is 2.34. The summed E-state index contributed by atoms with van der Waals surface area (Å²) in [4.78, 5) is 9.73. The van der Waals surface area contributed by atoms with Crippen LogP contribution in [0.4, 0.5) is 10.8 Å². The fourth-order valence-electron chi connectivity index (χ4n) is 3.21. The molecule has 3 rings (SSSR count). The lowest BCUT2D eigenvalue weighted by Crippen LogP contribution is -2.05. The van der Waals surface area contributed by atoms with E-state index in [0.29, 0.717) is 0 Å². The number of ether oxygens (including phenoxy) is 1. The van der Waals surface area contributed by atoms with Gasteiger partial charge in [-0.1, -0.05) is 12.1 Å². The third-order valence-electron chi connectivity index (χ3n) is 4.59. The van der Waals surface area contributed by atoms with E-state index in [1.54, 1.807) is 37.7 Å². The minimum atomic E-state index is 0.114. The number of phenols is 1. The van der Waals surface area contributed by atoms with Gasteiger partial charge in [0.2, 0.25) is 0 Å². The number of nitrogens with zero attached hydrogens (tertiary/aromatic N) is 1. The second-order valence-electron chi connectivity index (χ2n) is 6.34. The van der Waals surface area contributed by atoms with Crippen molar-refractivity contribution in [1.29, 1.82) is 0 Å². The average Bonchev–Trinajstić information content (AvgIpc) is 3.19. The Labute approximate surface area is 169 Å². The molecule has 1 unspecified atom stereocenters. The van der Waals surface area contributed by atoms with E-state index in [1.165, 1.54) is 0 Å². The quantitative estimate of drug-likeness (QED) is 0.455. The molecule has 3 aromatic rings. The number of phenolic OH excluding ortho intramolecular Hbond substituents is 1. The van der Waals surface area contributed by atoms with E-state index < -0.39 is 0 Å². The zero-order valence-electron chi connectivity index (χ0n) is 16.2. The van der Waals surface area contributed by atoms with Gasteiger partial charge in [-0.05, 0) is 54.3 Å². The Hall–Kier alpha value is -2.77. The van der Waals surface area contributed by atoms with Crippen LogP contribution in [-0.4, -0.2) is 31.4 Å². The molecule has 0 bridgehead atoms. The fraction of sp³-hybridized carbons (Fsp3) is 0.286. The number of hydrogen-bond acceptors (Lipinski definition) is 7. The molecule has 0 amide bonds. The first-order chi connectivity index (χ1) is 13.6. The van der Waals surface area contributed by atoms with Gasteiger partial charge in [-0.15, -0.1) is 11.3 Å². The molecule has 6 nitrogen and oxygen atoms in total. The van der Waals surface area contributed by atoms with Gasteiger partial charge in [0, 0.05) is 18.3 Å². The van der Waals surface area contributed by atoms with Crippen LogP contribution in [0, 0.1) is 0 Å². The number of anilines is 2. The number of nitrogens with one attached hydrogen (secondary N) is 2. The maximum absolute atomic E-state index is 9.65. The highest BCUT2D eigenvalue weighted by Gasteiger charge is 2.19. The molecule has 0 aliphatic rings. The lowest BCUT2D eigenvalue weighted by atomic mass is 9.90. The predicted molar refractivity (Wildman–Crippen MR) is 114 cm³/mol. The van der Waals surface area contributed by atoms with Gasteiger partial charge in [0.15, 0.2) is 5.13 Å². The maximum Gasteiger partial charge on any atom is 0.182 e. The SMILES string of the molecule is CNc1nc(C(CCc2cc(NOC)ccc2OC)c2ccc(O)cc2)cs1. The van der Waals surface area contributed by atoms with Crippen molar-refractivity contribution in [2.75, 3.05) is 32.1 Å². The highest BCUT2D eigenvalue weighted by molar-refractivity contribution is 7.13. The van der Waals surface area contributed by atoms with Gasteiger partial charge in [0.05, 0.1) is 25.6 Å². The van der Waals surface area contributed by atoms with Crippen molar-refractivity contribution in [2.45, 2.75) is 18.8 Å². The number of aromatic hydroxyl groups is 1. The van der Waals surface area contributed by atoms with E-state index in [2.05, 4.69) is 16.2 Å². The smallest absolute Gasteiger partial charge is 0.182 e. The summed E-state index contributed by atoms with van der Waals surface area (Å²) in [7, 11) is 5.14. The molecule has 0 fully saturated rings. The standard InChI is InChI=1S/C21H25N3O3S/c1-22-21-23-19(13-28-21)18(14-4-8-17(25)9-5-14)10-6-15-12-16(24-27-3)7-11-20(15)26-2/h4-5,7-9,11-13,18,24-25H,6,10H2,1-3H3,(H,22,23). The minimum absolute atomic E-state index is 0.114. The van der Waals surface area contributed by atoms with Gasteiger partial charge in [-0.2, -0.15) is 0 Å². The van der Waals surface area contributed by atoms with Gasteiger partial charge in [0.25, 0.3) is 0 Å². The zero-order valence-corrected chi connectivity index (χ0v) is 17.0. The molecule has 3 N–H and O–H groups in total. The predicted octanol–water partition coefficient (Wildman–Crippen LogP) is 4.64. The summed E-state index contributed by atoms with van der Waals surface area (Å²) in [5.41, 5.74) is 6.98. The molecule has 0 spiro atoms. The molecule has 0 radical (unpaired) electrons. The molecule has 0 aliphatic carbocycles. The topological polar surface area (TPSA) is 75.6 Å². The molecular weight excluding hydrogens is 374 g/mol. The van der Waals surface area contributed by atoms with Crippen molar-refractivity contribution >= 4 is 22.2 Å². The molecular formula is C21H25N3O3S. The molecule has 0 aliphatic heterocycles. The van der Waals surface area contributed by atoms with Gasteiger partial charge < -0.3 is 15.2 Å². The van der Waals surface area contributed by atoms with Crippen LogP contribution in [0.25, 0.3) is 0 Å². The largest absolute Gasteiger partial charge is 0.508 e. The third kappa shape index (κ3) is 4.74. The van der Waals surface area contributed by atoms with Crippen LogP contribution in [0.1, 0.15) is 29.2 Å². The van der Waals surface area contributed by atoms with Gasteiger partial charge >= 0.3 is 0 Å². The summed E-state index contributed by atoms with van der Waals surface area (Å²) >= 11 is 1.59. The molecule has 7 heteroatoms. The first kappa shape index (κ1) is 20.0. The van der Waals surface area contributed by atoms with Crippen LogP contribution in [0.15, 0.2) is 47.8 Å². The van der Waals surface area contributed by atoms with Crippen molar-refractivity contribution in [3.63, 3.8) is 0 Å². The van der Waals surface area contributed by atoms with Crippen molar-refractivity contribution < 1.29 is 14.7 Å². The van der Waals surface area contributed by atoms with Gasteiger partial charge in [0.1, 0.15) is 11.5 Å². The first-order valence-electron chi connectivity index (χ1n) is 9.02. The lowest BCUT2D eigenvalue weighted by molar-refractivity contribution is 0.271. The van der Waals surface area contributed by atoms with E-state index >= 15 is 0 Å². The lowest BCUT2D eigenvalue weighted by Gasteiger charge is -2.17. The van der Waals surface area contributed by atoms with Crippen LogP contribution in [0.3, 0.4) is 0 Å². The van der Waals surface area contributed by atoms with Crippen molar-refractivity contribution in [3.05, 3.63) is 64.7 Å². The Balaban J connectivity index is 1.87. The highest BCUT2D eigenvalue weighted by atomic mass is 32.1. The van der Waals surface area contributed by atoms with Crippen LogP contribution in [0.5, 0.6) is 11.5 Å². The van der Waals surface area contributed by atoms with Crippen LogP contribution in [-0.2, 0) is 11.3 Å². The normalized spacial score (nSPS) is 11.8. The number of benzene rings is 2. The van der Waals surface area contributed by atoms with E-state index in [1.807, 2.05) is 37.4 Å². The number of methoxy groups -OCH3 is 1. The van der Waals surface area contributed by atoms with Crippen LogP contribution < -0.4 is 15.5 Å². The third-order valence-corrected chi connectivity index (χ3v) is 5.47. The molecule has 0 saturated heterocycles. The summed E-state index contributed by atoms with van der Waals surface area (Å²) in [5, 5.41) is 15.7. The number of rotatable bonds is 9. The Kier molecular flexibility index (Phi) is 6.73. The van der Waals surface area contributed by atoms with E-state index in [4.69, 9.17) is 14.6 Å². The van der Waals surface area contributed by atoms with Gasteiger partial charge in [-0.3, -0.25) is 10.3 Å². The Morgan fingerprint density at radius 3 is 2.57 bits per heavy atom. The summed E-state index contributed by atoms with van der Waals surface area (Å²) in [6, 6.07) is 13.2. The number of hydrogen-bond donors (Lipinski definition) is 3. The van der Waals surface area contributed by atoms with Crippen molar-refractivity contribution in [1.82, 2.24) is 4.98 Å². The molecule has 1 aromatic heterocycles. The molecule has 1 heterocycles. The van der Waals surface area contributed by atoms with E-state index in [0.717, 1.165) is 46.2 Å². The Morgan fingerprint density at radius 2 is 1.93 bits per heavy atom. The van der Waals surface area contributed by atoms with Gasteiger partial charge in [-0.25, -0.2) is 4.98 Å². The monoisotopic (exact) mass is 399 g/mol. The average molecular weight is 400 g/mol. The first-order valence-corrected chi connectivity index (χ1v) is 9.90. The maximum atomic E-state index is 9.65. The molecule has 148 valence electrons. The summed E-state index contributed by atoms with van der Waals surface area (Å²) in [6.45, 7) is 0. The summed E-state index contributed by atoms with van der Waals surface area (Å²) in [5.74, 6) is 1.22. The Morgan fingerprint density at radius 1 is 1.14 bits per heavy atom. The zero-order chi connectivity index (χ0) is 19.9. The van der Waals surface area contributed by atoms with E-state index in [-0.39, 0.29) is 11.7 Å². The summed E-state index contributed by atoms with van der Waals surface area (Å²) < 4.78 is 5.53. The molecule has 2 aromatic carbocycles. The molecule has 1 atom stereocenters. The van der Waals surface area contributed by atoms with Crippen LogP contribution in [0.2, 0.25) is 0 Å².